The lowest BCUT2D eigenvalue weighted by Crippen LogP contribution is -2.52. The third-order valence-corrected chi connectivity index (χ3v) is 4.86. The summed E-state index contributed by atoms with van der Waals surface area (Å²) in [5.41, 5.74) is 0. The van der Waals surface area contributed by atoms with E-state index in [9.17, 15) is 0 Å². The monoisotopic (exact) mass is 333 g/mol. The fraction of sp³-hybridized carbons (Fsp3) is 0.737. The van der Waals surface area contributed by atoms with E-state index in [1.54, 1.807) is 6.26 Å². The Morgan fingerprint density at radius 3 is 3.12 bits per heavy atom. The van der Waals surface area contributed by atoms with Crippen LogP contribution in [0.15, 0.2) is 27.8 Å². The van der Waals surface area contributed by atoms with Crippen LogP contribution in [0.2, 0.25) is 0 Å². The first-order valence-corrected chi connectivity index (χ1v) is 9.39. The predicted octanol–water partition coefficient (Wildman–Crippen LogP) is 2.92. The Morgan fingerprint density at radius 1 is 1.42 bits per heavy atom. The van der Waals surface area contributed by atoms with Crippen molar-refractivity contribution in [3.8, 4) is 0 Å². The van der Waals surface area contributed by atoms with Crippen LogP contribution in [0.5, 0.6) is 0 Å². The molecule has 3 rings (SSSR count). The zero-order valence-electron chi connectivity index (χ0n) is 15.0. The lowest BCUT2D eigenvalue weighted by atomic mass is 9.88. The number of nitrogens with zero attached hydrogens (tertiary/aromatic N) is 2. The van der Waals surface area contributed by atoms with Gasteiger partial charge in [-0.3, -0.25) is 4.99 Å². The van der Waals surface area contributed by atoms with Gasteiger partial charge in [-0.1, -0.05) is 13.8 Å². The van der Waals surface area contributed by atoms with E-state index in [4.69, 9.17) is 14.1 Å². The van der Waals surface area contributed by atoms with Crippen molar-refractivity contribution in [2.45, 2.75) is 45.6 Å². The standard InChI is InChI=1S/C19H31N3O2/c1-15(2)13-21-19(20-9-7-17-6-4-11-23-17)22-10-8-18-16(14-22)5-3-12-24-18/h4,6,11,15-16,18H,3,5,7-10,12-14H2,1-2H3,(H,20,21). The molecule has 5 nitrogen and oxygen atoms in total. The summed E-state index contributed by atoms with van der Waals surface area (Å²) in [5.74, 6) is 3.30. The largest absolute Gasteiger partial charge is 0.469 e. The highest BCUT2D eigenvalue weighted by atomic mass is 16.5. The first-order chi connectivity index (χ1) is 11.7. The van der Waals surface area contributed by atoms with Crippen molar-refractivity contribution >= 4 is 5.96 Å². The van der Waals surface area contributed by atoms with Crippen molar-refractivity contribution in [1.29, 1.82) is 0 Å². The normalized spacial score (nSPS) is 25.0. The van der Waals surface area contributed by atoms with Gasteiger partial charge in [0.05, 0.1) is 12.4 Å². The molecule has 5 heteroatoms. The molecule has 2 unspecified atom stereocenters. The molecule has 0 amide bonds. The molecule has 0 aliphatic carbocycles. The van der Waals surface area contributed by atoms with Gasteiger partial charge < -0.3 is 19.4 Å². The van der Waals surface area contributed by atoms with Gasteiger partial charge in [-0.05, 0) is 37.3 Å². The summed E-state index contributed by atoms with van der Waals surface area (Å²) in [6.07, 6.45) is 6.67. The minimum absolute atomic E-state index is 0.462. The van der Waals surface area contributed by atoms with Crippen LogP contribution in [-0.2, 0) is 11.2 Å². The van der Waals surface area contributed by atoms with Crippen molar-refractivity contribution < 1.29 is 9.15 Å². The first-order valence-electron chi connectivity index (χ1n) is 9.39. The highest BCUT2D eigenvalue weighted by Crippen LogP contribution is 2.28. The second-order valence-electron chi connectivity index (χ2n) is 7.36. The molecule has 134 valence electrons. The molecule has 0 saturated carbocycles. The van der Waals surface area contributed by atoms with E-state index in [2.05, 4.69) is 24.1 Å². The lowest BCUT2D eigenvalue weighted by Gasteiger charge is -2.42. The van der Waals surface area contributed by atoms with E-state index in [1.165, 1.54) is 12.8 Å². The average molecular weight is 333 g/mol. The number of rotatable bonds is 5. The molecule has 3 heterocycles. The summed E-state index contributed by atoms with van der Waals surface area (Å²) in [7, 11) is 0. The highest BCUT2D eigenvalue weighted by Gasteiger charge is 2.33. The quantitative estimate of drug-likeness (QED) is 0.665. The summed E-state index contributed by atoms with van der Waals surface area (Å²) in [5, 5.41) is 3.55. The Hall–Kier alpha value is -1.49. The number of hydrogen-bond acceptors (Lipinski definition) is 3. The van der Waals surface area contributed by atoms with Gasteiger partial charge in [-0.25, -0.2) is 0 Å². The van der Waals surface area contributed by atoms with E-state index in [-0.39, 0.29) is 0 Å². The van der Waals surface area contributed by atoms with Crippen LogP contribution in [0.3, 0.4) is 0 Å². The fourth-order valence-corrected chi connectivity index (χ4v) is 3.57. The number of nitrogens with one attached hydrogen (secondary N) is 1. The van der Waals surface area contributed by atoms with Crippen molar-refractivity contribution in [2.24, 2.45) is 16.8 Å². The summed E-state index contributed by atoms with van der Waals surface area (Å²) < 4.78 is 11.4. The van der Waals surface area contributed by atoms with Gasteiger partial charge in [0.25, 0.3) is 0 Å². The molecule has 2 atom stereocenters. The number of hydrogen-bond donors (Lipinski definition) is 1. The molecule has 1 N–H and O–H groups in total. The van der Waals surface area contributed by atoms with Gasteiger partial charge in [-0.15, -0.1) is 0 Å². The summed E-state index contributed by atoms with van der Waals surface area (Å²) in [6, 6.07) is 3.97. The smallest absolute Gasteiger partial charge is 0.193 e. The third-order valence-electron chi connectivity index (χ3n) is 4.86. The number of likely N-dealkylation sites (tertiary alicyclic amines) is 1. The topological polar surface area (TPSA) is 50.0 Å². The van der Waals surface area contributed by atoms with Crippen LogP contribution in [0, 0.1) is 11.8 Å². The zero-order chi connectivity index (χ0) is 16.8. The van der Waals surface area contributed by atoms with Gasteiger partial charge >= 0.3 is 0 Å². The fourth-order valence-electron chi connectivity index (χ4n) is 3.57. The third kappa shape index (κ3) is 4.76. The van der Waals surface area contributed by atoms with Gasteiger partial charge in [0, 0.05) is 45.1 Å². The molecular weight excluding hydrogens is 302 g/mol. The SMILES string of the molecule is CC(C)CN=C(NCCc1ccco1)N1CCC2OCCCC2C1. The summed E-state index contributed by atoms with van der Waals surface area (Å²) in [6.45, 7) is 9.18. The Kier molecular flexibility index (Phi) is 6.18. The molecule has 2 fully saturated rings. The van der Waals surface area contributed by atoms with Crippen LogP contribution in [0.4, 0.5) is 0 Å². The van der Waals surface area contributed by atoms with Gasteiger partial charge in [0.2, 0.25) is 0 Å². The highest BCUT2D eigenvalue weighted by molar-refractivity contribution is 5.80. The van der Waals surface area contributed by atoms with E-state index in [0.29, 0.717) is 17.9 Å². The van der Waals surface area contributed by atoms with Crippen molar-refractivity contribution in [1.82, 2.24) is 10.2 Å². The zero-order valence-corrected chi connectivity index (χ0v) is 15.0. The minimum atomic E-state index is 0.462. The molecule has 0 bridgehead atoms. The number of piperidine rings is 1. The van der Waals surface area contributed by atoms with E-state index in [0.717, 1.165) is 57.3 Å². The molecule has 0 radical (unpaired) electrons. The molecule has 2 saturated heterocycles. The molecule has 24 heavy (non-hydrogen) atoms. The summed E-state index contributed by atoms with van der Waals surface area (Å²) >= 11 is 0. The van der Waals surface area contributed by atoms with Gasteiger partial charge in [-0.2, -0.15) is 0 Å². The van der Waals surface area contributed by atoms with Crippen LogP contribution >= 0.6 is 0 Å². The predicted molar refractivity (Wildman–Crippen MR) is 96.2 cm³/mol. The number of furan rings is 1. The van der Waals surface area contributed by atoms with Crippen LogP contribution in [-0.4, -0.2) is 49.7 Å². The van der Waals surface area contributed by atoms with Crippen molar-refractivity contribution in [3.63, 3.8) is 0 Å². The Bertz CT molecular complexity index is 513. The van der Waals surface area contributed by atoms with Gasteiger partial charge in [0.1, 0.15) is 5.76 Å². The average Bonchev–Trinajstić information content (AvgIpc) is 3.10. The van der Waals surface area contributed by atoms with E-state index >= 15 is 0 Å². The summed E-state index contributed by atoms with van der Waals surface area (Å²) in [4.78, 5) is 7.29. The number of fused-ring (bicyclic) bond motifs is 1. The van der Waals surface area contributed by atoms with Gasteiger partial charge in [0.15, 0.2) is 5.96 Å². The maximum atomic E-state index is 5.94. The lowest BCUT2D eigenvalue weighted by molar-refractivity contribution is -0.0559. The van der Waals surface area contributed by atoms with Crippen LogP contribution in [0.25, 0.3) is 0 Å². The second kappa shape index (κ2) is 8.56. The Morgan fingerprint density at radius 2 is 2.33 bits per heavy atom. The minimum Gasteiger partial charge on any atom is -0.469 e. The molecular formula is C19H31N3O2. The maximum absolute atomic E-state index is 5.94. The Balaban J connectivity index is 1.57. The molecule has 1 aromatic heterocycles. The van der Waals surface area contributed by atoms with Crippen LogP contribution < -0.4 is 5.32 Å². The van der Waals surface area contributed by atoms with E-state index in [1.807, 2.05) is 12.1 Å². The van der Waals surface area contributed by atoms with Crippen molar-refractivity contribution in [2.75, 3.05) is 32.8 Å². The molecule has 2 aliphatic rings. The molecule has 0 aromatic carbocycles. The first kappa shape index (κ1) is 17.3. The Labute approximate surface area is 145 Å². The van der Waals surface area contributed by atoms with Crippen LogP contribution in [0.1, 0.15) is 38.9 Å². The molecule has 2 aliphatic heterocycles. The second-order valence-corrected chi connectivity index (χ2v) is 7.36. The molecule has 0 spiro atoms. The maximum Gasteiger partial charge on any atom is 0.193 e. The van der Waals surface area contributed by atoms with Crippen molar-refractivity contribution in [3.05, 3.63) is 24.2 Å². The number of ether oxygens (including phenoxy) is 1. The number of guanidine groups is 1. The number of aliphatic imine (C=N–C) groups is 1. The van der Waals surface area contributed by atoms with E-state index < -0.39 is 0 Å². The molecule has 1 aromatic rings.